The van der Waals surface area contributed by atoms with Crippen molar-refractivity contribution in [2.45, 2.75) is 6.54 Å². The first-order valence-corrected chi connectivity index (χ1v) is 8.28. The second kappa shape index (κ2) is 6.93. The highest BCUT2D eigenvalue weighted by Gasteiger charge is 2.11. The lowest BCUT2D eigenvalue weighted by molar-refractivity contribution is 0.517. The summed E-state index contributed by atoms with van der Waals surface area (Å²) < 4.78 is 21.7. The summed E-state index contributed by atoms with van der Waals surface area (Å²) >= 11 is 5.27. The molecule has 0 radical (unpaired) electrons. The van der Waals surface area contributed by atoms with Crippen molar-refractivity contribution in [3.05, 3.63) is 77.3 Å². The molecule has 4 rings (SSSR count). The van der Waals surface area contributed by atoms with Crippen LogP contribution in [0.25, 0.3) is 22.7 Å². The van der Waals surface area contributed by atoms with Crippen molar-refractivity contribution in [1.29, 1.82) is 0 Å². The number of hydrogen-bond acceptors (Lipinski definition) is 5. The second-order valence-corrected chi connectivity index (χ2v) is 5.89. The topological polar surface area (TPSA) is 71.7 Å². The van der Waals surface area contributed by atoms with Crippen LogP contribution in [0.15, 0.2) is 65.3 Å². The van der Waals surface area contributed by atoms with E-state index >= 15 is 0 Å². The minimum Gasteiger partial charge on any atom is -0.459 e. The van der Waals surface area contributed by atoms with E-state index in [0.717, 1.165) is 5.56 Å². The van der Waals surface area contributed by atoms with Gasteiger partial charge in [-0.15, -0.1) is 0 Å². The van der Waals surface area contributed by atoms with Gasteiger partial charge in [-0.2, -0.15) is 5.10 Å². The highest BCUT2D eigenvalue weighted by molar-refractivity contribution is 7.71. The lowest BCUT2D eigenvalue weighted by Gasteiger charge is -2.08. The highest BCUT2D eigenvalue weighted by Crippen LogP contribution is 2.25. The van der Waals surface area contributed by atoms with Gasteiger partial charge in [0.2, 0.25) is 4.77 Å². The van der Waals surface area contributed by atoms with E-state index in [0.29, 0.717) is 34.2 Å². The molecule has 26 heavy (non-hydrogen) atoms. The molecule has 0 aliphatic rings. The van der Waals surface area contributed by atoms with Crippen molar-refractivity contribution < 1.29 is 8.81 Å². The highest BCUT2D eigenvalue weighted by atomic mass is 32.1. The molecule has 0 spiro atoms. The number of nitrogens with zero attached hydrogens (tertiary/aromatic N) is 3. The Labute approximate surface area is 153 Å². The van der Waals surface area contributed by atoms with E-state index in [1.54, 1.807) is 47.4 Å². The Morgan fingerprint density at radius 3 is 2.73 bits per heavy atom. The summed E-state index contributed by atoms with van der Waals surface area (Å²) in [5.41, 5.74) is 4.46. The maximum atomic E-state index is 13.9. The van der Waals surface area contributed by atoms with Crippen LogP contribution in [-0.2, 0) is 6.54 Å². The smallest absolute Gasteiger partial charge is 0.214 e. The van der Waals surface area contributed by atoms with Crippen LogP contribution < -0.4 is 5.43 Å². The standard InChI is InChI=1S/C18H14FN5OS/c19-15-4-2-1-3-14(15)16-6-5-13(25-16)11-21-24-17(22-23-18(24)26)12-7-9-20-10-8-12/h1-10,21H,11H2,(H,23,26). The maximum Gasteiger partial charge on any atom is 0.214 e. The molecule has 130 valence electrons. The Hall–Kier alpha value is -3.26. The predicted octanol–water partition coefficient (Wildman–Crippen LogP) is 4.15. The third-order valence-corrected chi connectivity index (χ3v) is 4.10. The van der Waals surface area contributed by atoms with Gasteiger partial charge in [0.25, 0.3) is 0 Å². The largest absolute Gasteiger partial charge is 0.459 e. The van der Waals surface area contributed by atoms with E-state index in [1.807, 2.05) is 12.1 Å². The molecule has 0 saturated heterocycles. The van der Waals surface area contributed by atoms with Crippen LogP contribution in [0, 0.1) is 10.6 Å². The average molecular weight is 367 g/mol. The molecule has 0 fully saturated rings. The van der Waals surface area contributed by atoms with Crippen molar-refractivity contribution in [1.82, 2.24) is 19.9 Å². The van der Waals surface area contributed by atoms with Gasteiger partial charge in [-0.25, -0.2) is 14.2 Å². The number of pyridine rings is 1. The Balaban J connectivity index is 1.55. The molecule has 6 nitrogen and oxygen atoms in total. The van der Waals surface area contributed by atoms with Gasteiger partial charge in [0.15, 0.2) is 5.82 Å². The summed E-state index contributed by atoms with van der Waals surface area (Å²) in [5.74, 6) is 1.44. The zero-order valence-electron chi connectivity index (χ0n) is 13.5. The molecule has 0 unspecified atom stereocenters. The minimum atomic E-state index is -0.321. The molecule has 0 bridgehead atoms. The van der Waals surface area contributed by atoms with Gasteiger partial charge in [0.1, 0.15) is 17.3 Å². The van der Waals surface area contributed by atoms with Gasteiger partial charge in [-0.1, -0.05) is 12.1 Å². The van der Waals surface area contributed by atoms with E-state index in [-0.39, 0.29) is 5.82 Å². The van der Waals surface area contributed by atoms with Crippen LogP contribution in [0.2, 0.25) is 0 Å². The molecule has 0 saturated carbocycles. The molecule has 3 aromatic heterocycles. The Bertz CT molecular complexity index is 1090. The summed E-state index contributed by atoms with van der Waals surface area (Å²) in [4.78, 5) is 4.00. The molecule has 0 aliphatic carbocycles. The fourth-order valence-electron chi connectivity index (χ4n) is 2.57. The van der Waals surface area contributed by atoms with E-state index in [9.17, 15) is 4.39 Å². The zero-order valence-corrected chi connectivity index (χ0v) is 14.3. The molecule has 0 aliphatic heterocycles. The number of hydrogen-bond donors (Lipinski definition) is 2. The van der Waals surface area contributed by atoms with Crippen LogP contribution in [0.3, 0.4) is 0 Å². The molecule has 1 aromatic carbocycles. The summed E-state index contributed by atoms with van der Waals surface area (Å²) in [5, 5.41) is 7.00. The average Bonchev–Trinajstić information content (AvgIpc) is 3.28. The Kier molecular flexibility index (Phi) is 4.32. The number of furan rings is 1. The molecule has 0 amide bonds. The fourth-order valence-corrected chi connectivity index (χ4v) is 2.77. The monoisotopic (exact) mass is 367 g/mol. The number of nitrogens with one attached hydrogen (secondary N) is 2. The normalized spacial score (nSPS) is 10.8. The lowest BCUT2D eigenvalue weighted by Crippen LogP contribution is -2.15. The predicted molar refractivity (Wildman–Crippen MR) is 97.8 cm³/mol. The number of aromatic nitrogens is 4. The molecule has 2 N–H and O–H groups in total. The quantitative estimate of drug-likeness (QED) is 0.519. The van der Waals surface area contributed by atoms with Gasteiger partial charge in [-0.3, -0.25) is 4.98 Å². The number of benzene rings is 1. The first-order valence-electron chi connectivity index (χ1n) is 7.87. The first-order chi connectivity index (χ1) is 12.7. The van der Waals surface area contributed by atoms with Crippen molar-refractivity contribution in [3.63, 3.8) is 0 Å². The molecule has 8 heteroatoms. The van der Waals surface area contributed by atoms with E-state index in [2.05, 4.69) is 20.6 Å². The van der Waals surface area contributed by atoms with Gasteiger partial charge in [0.05, 0.1) is 12.1 Å². The van der Waals surface area contributed by atoms with Crippen molar-refractivity contribution in [2.75, 3.05) is 5.43 Å². The third-order valence-electron chi connectivity index (χ3n) is 3.82. The number of rotatable bonds is 5. The van der Waals surface area contributed by atoms with Crippen molar-refractivity contribution >= 4 is 12.2 Å². The molecule has 0 atom stereocenters. The number of H-pyrrole nitrogens is 1. The maximum absolute atomic E-state index is 13.9. The number of aromatic amines is 1. The second-order valence-electron chi connectivity index (χ2n) is 5.50. The summed E-state index contributed by atoms with van der Waals surface area (Å²) in [6, 6.07) is 13.7. The zero-order chi connectivity index (χ0) is 17.9. The fraction of sp³-hybridized carbons (Fsp3) is 0.0556. The van der Waals surface area contributed by atoms with Crippen molar-refractivity contribution in [3.8, 4) is 22.7 Å². The van der Waals surface area contributed by atoms with Gasteiger partial charge in [-0.05, 0) is 48.6 Å². The van der Waals surface area contributed by atoms with E-state index in [1.165, 1.54) is 6.07 Å². The molecule has 4 aromatic rings. The minimum absolute atomic E-state index is 0.321. The Morgan fingerprint density at radius 1 is 1.12 bits per heavy atom. The SMILES string of the molecule is Fc1ccccc1-c1ccc(CNn2c(-c3ccncc3)n[nH]c2=S)o1. The van der Waals surface area contributed by atoms with Gasteiger partial charge in [0, 0.05) is 18.0 Å². The van der Waals surface area contributed by atoms with Crippen LogP contribution >= 0.6 is 12.2 Å². The molecular formula is C18H14FN5OS. The summed E-state index contributed by atoms with van der Waals surface area (Å²) in [6.45, 7) is 0.361. The van der Waals surface area contributed by atoms with E-state index < -0.39 is 0 Å². The van der Waals surface area contributed by atoms with Gasteiger partial charge >= 0.3 is 0 Å². The van der Waals surface area contributed by atoms with Crippen molar-refractivity contribution in [2.24, 2.45) is 0 Å². The molecular weight excluding hydrogens is 353 g/mol. The molecule has 3 heterocycles. The Morgan fingerprint density at radius 2 is 1.92 bits per heavy atom. The lowest BCUT2D eigenvalue weighted by atomic mass is 10.1. The van der Waals surface area contributed by atoms with E-state index in [4.69, 9.17) is 16.6 Å². The van der Waals surface area contributed by atoms with Gasteiger partial charge < -0.3 is 9.84 Å². The third kappa shape index (κ3) is 3.14. The van der Waals surface area contributed by atoms with Crippen LogP contribution in [0.4, 0.5) is 4.39 Å². The number of halogens is 1. The summed E-state index contributed by atoms with van der Waals surface area (Å²) in [6.07, 6.45) is 3.37. The van der Waals surface area contributed by atoms with Crippen LogP contribution in [0.1, 0.15) is 5.76 Å². The first kappa shape index (κ1) is 16.2. The van der Waals surface area contributed by atoms with Crippen LogP contribution in [0.5, 0.6) is 0 Å². The van der Waals surface area contributed by atoms with Crippen LogP contribution in [-0.4, -0.2) is 19.9 Å². The summed E-state index contributed by atoms with van der Waals surface area (Å²) in [7, 11) is 0.